The fourth-order valence-electron chi connectivity index (χ4n) is 2.62. The minimum absolute atomic E-state index is 0.440. The van der Waals surface area contributed by atoms with E-state index in [9.17, 15) is 0 Å². The lowest BCUT2D eigenvalue weighted by Gasteiger charge is -2.02. The van der Waals surface area contributed by atoms with Crippen LogP contribution in [0.3, 0.4) is 0 Å². The Morgan fingerprint density at radius 2 is 1.75 bits per heavy atom. The fourth-order valence-corrected chi connectivity index (χ4v) is 3.44. The van der Waals surface area contributed by atoms with Gasteiger partial charge in [0.25, 0.3) is 0 Å². The maximum absolute atomic E-state index is 6.13. The first-order valence-electron chi connectivity index (χ1n) is 8.65. The number of nitrogen functional groups attached to an aromatic ring is 1. The van der Waals surface area contributed by atoms with Crippen molar-refractivity contribution in [3.05, 3.63) is 65.0 Å². The molecular weight excluding hydrogens is 396 g/mol. The first kappa shape index (κ1) is 18.5. The van der Waals surface area contributed by atoms with Crippen LogP contribution in [0.1, 0.15) is 18.4 Å². The molecule has 0 fully saturated rings. The molecular formula is C19H17ClN6OS. The molecule has 0 unspecified atom stereocenters. The third-order valence-electron chi connectivity index (χ3n) is 4.18. The summed E-state index contributed by atoms with van der Waals surface area (Å²) in [5.41, 5.74) is 3.02. The van der Waals surface area contributed by atoms with Crippen LogP contribution in [0.2, 0.25) is 5.02 Å². The normalized spacial score (nSPS) is 11.1. The van der Waals surface area contributed by atoms with Crippen molar-refractivity contribution in [3.8, 4) is 22.8 Å². The topological polar surface area (TPSA) is 95.7 Å². The maximum Gasteiger partial charge on any atom is 0.237 e. The highest BCUT2D eigenvalue weighted by atomic mass is 35.5. The minimum atomic E-state index is 0.440. The molecule has 0 saturated heterocycles. The zero-order chi connectivity index (χ0) is 19.5. The van der Waals surface area contributed by atoms with Crippen molar-refractivity contribution in [1.82, 2.24) is 25.0 Å². The number of thioether (sulfide) groups is 1. The lowest BCUT2D eigenvalue weighted by atomic mass is 10.1. The predicted molar refractivity (Wildman–Crippen MR) is 109 cm³/mol. The van der Waals surface area contributed by atoms with Crippen LogP contribution in [0.4, 0.5) is 0 Å². The Hall–Kier alpha value is -2.84. The van der Waals surface area contributed by atoms with Crippen molar-refractivity contribution in [2.75, 3.05) is 5.84 Å². The predicted octanol–water partition coefficient (Wildman–Crippen LogP) is 4.22. The summed E-state index contributed by atoms with van der Waals surface area (Å²) >= 11 is 7.30. The third kappa shape index (κ3) is 3.88. The summed E-state index contributed by atoms with van der Waals surface area (Å²) < 4.78 is 6.79. The van der Waals surface area contributed by atoms with Gasteiger partial charge in [0.15, 0.2) is 5.82 Å². The van der Waals surface area contributed by atoms with Crippen LogP contribution in [0.5, 0.6) is 0 Å². The molecule has 0 radical (unpaired) electrons. The summed E-state index contributed by atoms with van der Waals surface area (Å²) in [5.74, 6) is 8.19. The Morgan fingerprint density at radius 3 is 2.46 bits per heavy atom. The molecule has 2 heterocycles. The van der Waals surface area contributed by atoms with Crippen LogP contribution >= 0.6 is 23.4 Å². The molecule has 0 saturated carbocycles. The summed E-state index contributed by atoms with van der Waals surface area (Å²) in [6.45, 7) is 2.12. The molecule has 2 aromatic carbocycles. The summed E-state index contributed by atoms with van der Waals surface area (Å²) in [7, 11) is 0. The quantitative estimate of drug-likeness (QED) is 0.374. The second kappa shape index (κ2) is 8.04. The van der Waals surface area contributed by atoms with E-state index in [1.165, 1.54) is 22.0 Å². The first-order valence-corrected chi connectivity index (χ1v) is 10.0. The van der Waals surface area contributed by atoms with Crippen molar-refractivity contribution in [1.29, 1.82) is 0 Å². The molecule has 4 rings (SSSR count). The number of rotatable bonds is 6. The highest BCUT2D eigenvalue weighted by Crippen LogP contribution is 2.25. The molecule has 0 amide bonds. The SMILES string of the molecule is CCc1ccc(-c2noc(CSc3nnc(-c4ccc(Cl)cc4)n3N)n2)cc1. The van der Waals surface area contributed by atoms with Gasteiger partial charge in [-0.05, 0) is 36.2 Å². The highest BCUT2D eigenvalue weighted by molar-refractivity contribution is 7.98. The van der Waals surface area contributed by atoms with E-state index < -0.39 is 0 Å². The summed E-state index contributed by atoms with van der Waals surface area (Å²) in [5, 5.41) is 13.6. The highest BCUT2D eigenvalue weighted by Gasteiger charge is 2.15. The summed E-state index contributed by atoms with van der Waals surface area (Å²) in [4.78, 5) is 4.44. The molecule has 0 atom stereocenters. The van der Waals surface area contributed by atoms with Gasteiger partial charge >= 0.3 is 0 Å². The van der Waals surface area contributed by atoms with Gasteiger partial charge in [0.05, 0.1) is 5.75 Å². The van der Waals surface area contributed by atoms with Crippen LogP contribution in [0.25, 0.3) is 22.8 Å². The van der Waals surface area contributed by atoms with Crippen LogP contribution < -0.4 is 5.84 Å². The number of hydrogen-bond donors (Lipinski definition) is 1. The maximum atomic E-state index is 6.13. The van der Waals surface area contributed by atoms with E-state index in [4.69, 9.17) is 22.0 Å². The van der Waals surface area contributed by atoms with E-state index in [1.54, 1.807) is 12.1 Å². The second-order valence-corrected chi connectivity index (χ2v) is 7.41. The van der Waals surface area contributed by atoms with Gasteiger partial charge in [-0.15, -0.1) is 10.2 Å². The summed E-state index contributed by atoms with van der Waals surface area (Å²) in [6.07, 6.45) is 0.992. The Balaban J connectivity index is 1.45. The van der Waals surface area contributed by atoms with E-state index >= 15 is 0 Å². The Labute approximate surface area is 170 Å². The molecule has 9 heteroatoms. The van der Waals surface area contributed by atoms with Crippen molar-refractivity contribution < 1.29 is 4.52 Å². The smallest absolute Gasteiger partial charge is 0.237 e. The molecule has 2 N–H and O–H groups in total. The fraction of sp³-hybridized carbons (Fsp3) is 0.158. The van der Waals surface area contributed by atoms with Crippen LogP contribution in [0.15, 0.2) is 58.2 Å². The second-order valence-electron chi connectivity index (χ2n) is 6.03. The third-order valence-corrected chi connectivity index (χ3v) is 5.36. The average molecular weight is 413 g/mol. The van der Waals surface area contributed by atoms with Crippen molar-refractivity contribution in [2.45, 2.75) is 24.3 Å². The van der Waals surface area contributed by atoms with E-state index in [-0.39, 0.29) is 0 Å². The number of benzene rings is 2. The molecule has 4 aromatic rings. The number of nitrogens with two attached hydrogens (primary N) is 1. The lowest BCUT2D eigenvalue weighted by Crippen LogP contribution is -2.11. The van der Waals surface area contributed by atoms with E-state index in [2.05, 4.69) is 39.4 Å². The van der Waals surface area contributed by atoms with Gasteiger partial charge in [-0.2, -0.15) is 4.98 Å². The lowest BCUT2D eigenvalue weighted by molar-refractivity contribution is 0.391. The summed E-state index contributed by atoms with van der Waals surface area (Å²) in [6, 6.07) is 15.4. The monoisotopic (exact) mass is 412 g/mol. The molecule has 0 aliphatic rings. The molecule has 0 aliphatic carbocycles. The van der Waals surface area contributed by atoms with Gasteiger partial charge in [0, 0.05) is 16.1 Å². The van der Waals surface area contributed by atoms with Crippen molar-refractivity contribution >= 4 is 23.4 Å². The standard InChI is InChI=1S/C19H17ClN6OS/c1-2-12-3-5-13(6-4-12)17-22-16(27-25-17)11-28-19-24-23-18(26(19)21)14-7-9-15(20)10-8-14/h3-10H,2,11,21H2,1H3. The number of nitrogens with zero attached hydrogens (tertiary/aromatic N) is 5. The molecule has 0 aliphatic heterocycles. The van der Waals surface area contributed by atoms with E-state index in [0.717, 1.165) is 17.5 Å². The van der Waals surface area contributed by atoms with Gasteiger partial charge in [0.2, 0.25) is 16.9 Å². The van der Waals surface area contributed by atoms with Crippen LogP contribution in [-0.4, -0.2) is 25.0 Å². The van der Waals surface area contributed by atoms with Gasteiger partial charge in [-0.1, -0.05) is 59.7 Å². The van der Waals surface area contributed by atoms with Crippen LogP contribution in [0, 0.1) is 0 Å². The van der Waals surface area contributed by atoms with Gasteiger partial charge < -0.3 is 10.4 Å². The van der Waals surface area contributed by atoms with Crippen molar-refractivity contribution in [3.63, 3.8) is 0 Å². The van der Waals surface area contributed by atoms with Crippen molar-refractivity contribution in [2.24, 2.45) is 0 Å². The molecule has 142 valence electrons. The van der Waals surface area contributed by atoms with Crippen LogP contribution in [-0.2, 0) is 12.2 Å². The molecule has 0 bridgehead atoms. The van der Waals surface area contributed by atoms with E-state index in [0.29, 0.717) is 33.5 Å². The number of aromatic nitrogens is 5. The Kier molecular flexibility index (Phi) is 5.31. The molecule has 2 aromatic heterocycles. The Morgan fingerprint density at radius 1 is 1.04 bits per heavy atom. The molecule has 7 nitrogen and oxygen atoms in total. The largest absolute Gasteiger partial charge is 0.338 e. The zero-order valence-electron chi connectivity index (χ0n) is 15.0. The minimum Gasteiger partial charge on any atom is -0.338 e. The number of aryl methyl sites for hydroxylation is 1. The zero-order valence-corrected chi connectivity index (χ0v) is 16.6. The molecule has 28 heavy (non-hydrogen) atoms. The first-order chi connectivity index (χ1) is 13.6. The van der Waals surface area contributed by atoms with Gasteiger partial charge in [-0.25, -0.2) is 4.68 Å². The van der Waals surface area contributed by atoms with E-state index in [1.807, 2.05) is 24.3 Å². The number of hydrogen-bond acceptors (Lipinski definition) is 7. The Bertz CT molecular complexity index is 1070. The molecule has 0 spiro atoms. The number of halogens is 1. The average Bonchev–Trinajstić information content (AvgIpc) is 3.34. The van der Waals surface area contributed by atoms with Gasteiger partial charge in [0.1, 0.15) is 0 Å². The van der Waals surface area contributed by atoms with Gasteiger partial charge in [-0.3, -0.25) is 0 Å².